The zero-order valence-corrected chi connectivity index (χ0v) is 7.74. The number of hydrogen-bond donors (Lipinski definition) is 2. The molecule has 0 bridgehead atoms. The van der Waals surface area contributed by atoms with Crippen molar-refractivity contribution in [2.45, 2.75) is 6.42 Å². The Kier molecular flexibility index (Phi) is 6.52. The molecular weight excluding hydrogens is 176 g/mol. The third-order valence-electron chi connectivity index (χ3n) is 1.24. The Morgan fingerprint density at radius 1 is 1.69 bits per heavy atom. The summed E-state index contributed by atoms with van der Waals surface area (Å²) < 4.78 is 4.80. The van der Waals surface area contributed by atoms with Gasteiger partial charge in [0.2, 0.25) is 0 Å². The summed E-state index contributed by atoms with van der Waals surface area (Å²) in [4.78, 5) is 9.97. The molecule has 7 heteroatoms. The first kappa shape index (κ1) is 11.6. The van der Waals surface area contributed by atoms with Crippen molar-refractivity contribution >= 4 is 5.96 Å². The molecule has 0 fully saturated rings. The van der Waals surface area contributed by atoms with Crippen molar-refractivity contribution in [3.05, 3.63) is 10.1 Å². The van der Waals surface area contributed by atoms with Crippen molar-refractivity contribution in [3.63, 3.8) is 0 Å². The van der Waals surface area contributed by atoms with Gasteiger partial charge in [0, 0.05) is 27.3 Å². The molecule has 0 rings (SSSR count). The number of rotatable bonds is 5. The van der Waals surface area contributed by atoms with E-state index in [1.54, 1.807) is 14.2 Å². The number of hydrogen-bond acceptors (Lipinski definition) is 3. The molecule has 0 aromatic heterocycles. The van der Waals surface area contributed by atoms with Gasteiger partial charge in [-0.15, -0.1) is 0 Å². The normalized spacial score (nSPS) is 11.1. The van der Waals surface area contributed by atoms with Crippen LogP contribution in [0, 0.1) is 10.1 Å². The van der Waals surface area contributed by atoms with Crippen LogP contribution in [0.15, 0.2) is 5.10 Å². The first-order chi connectivity index (χ1) is 6.20. The van der Waals surface area contributed by atoms with Gasteiger partial charge in [-0.05, 0) is 6.42 Å². The maximum absolute atomic E-state index is 9.97. The highest BCUT2D eigenvalue weighted by atomic mass is 16.7. The van der Waals surface area contributed by atoms with Crippen LogP contribution >= 0.6 is 0 Å². The molecule has 0 aliphatic heterocycles. The van der Waals surface area contributed by atoms with E-state index in [1.165, 1.54) is 0 Å². The quantitative estimate of drug-likeness (QED) is 0.198. The molecule has 0 aromatic rings. The summed E-state index contributed by atoms with van der Waals surface area (Å²) in [5.41, 5.74) is 0. The van der Waals surface area contributed by atoms with Gasteiger partial charge in [0.25, 0.3) is 5.96 Å². The summed E-state index contributed by atoms with van der Waals surface area (Å²) in [6, 6.07) is 0. The first-order valence-electron chi connectivity index (χ1n) is 3.84. The molecular formula is C6H14N4O3. The van der Waals surface area contributed by atoms with Crippen LogP contribution in [0.4, 0.5) is 0 Å². The summed E-state index contributed by atoms with van der Waals surface area (Å²) in [5.74, 6) is 0.154. The van der Waals surface area contributed by atoms with E-state index in [0.717, 1.165) is 6.42 Å². The standard InChI is InChI=1S/C6H14N4O3/c1-7-6(9-10(11)12)8-4-3-5-13-2/h3-5H2,1-2H3,(H2,7,8,9). The third-order valence-corrected chi connectivity index (χ3v) is 1.24. The SMILES string of the molecule is CN/C(=N/[N+](=O)[O-])NCCCOC. The number of hydrazone groups is 1. The number of nitrogens with one attached hydrogen (secondary N) is 2. The predicted octanol–water partition coefficient (Wildman–Crippen LogP) is -0.620. The summed E-state index contributed by atoms with van der Waals surface area (Å²) in [7, 11) is 3.16. The molecule has 0 aliphatic carbocycles. The fourth-order valence-electron chi connectivity index (χ4n) is 0.679. The summed E-state index contributed by atoms with van der Waals surface area (Å²) in [5, 5.41) is 17.6. The van der Waals surface area contributed by atoms with Crippen LogP contribution in [0.3, 0.4) is 0 Å². The van der Waals surface area contributed by atoms with E-state index in [4.69, 9.17) is 4.74 Å². The topological polar surface area (TPSA) is 88.8 Å². The molecule has 0 aliphatic rings. The van der Waals surface area contributed by atoms with Gasteiger partial charge >= 0.3 is 0 Å². The minimum absolute atomic E-state index is 0.154. The number of ether oxygens (including phenoxy) is 1. The maximum atomic E-state index is 9.97. The largest absolute Gasteiger partial charge is 0.385 e. The van der Waals surface area contributed by atoms with Crippen molar-refractivity contribution in [2.75, 3.05) is 27.3 Å². The molecule has 0 atom stereocenters. The summed E-state index contributed by atoms with van der Waals surface area (Å²) in [6.07, 6.45) is 0.773. The van der Waals surface area contributed by atoms with Crippen LogP contribution in [-0.4, -0.2) is 38.3 Å². The van der Waals surface area contributed by atoms with E-state index in [9.17, 15) is 10.1 Å². The lowest BCUT2D eigenvalue weighted by atomic mass is 10.4. The maximum Gasteiger partial charge on any atom is 0.268 e. The highest BCUT2D eigenvalue weighted by Crippen LogP contribution is 1.78. The van der Waals surface area contributed by atoms with Gasteiger partial charge in [-0.25, -0.2) is 10.1 Å². The van der Waals surface area contributed by atoms with E-state index in [1.807, 2.05) is 0 Å². The predicted molar refractivity (Wildman–Crippen MR) is 48.0 cm³/mol. The van der Waals surface area contributed by atoms with Gasteiger partial charge in [-0.3, -0.25) is 0 Å². The highest BCUT2D eigenvalue weighted by Gasteiger charge is 1.99. The molecule has 0 saturated carbocycles. The molecule has 7 nitrogen and oxygen atoms in total. The van der Waals surface area contributed by atoms with Crippen molar-refractivity contribution < 1.29 is 9.77 Å². The van der Waals surface area contributed by atoms with Crippen LogP contribution in [0.1, 0.15) is 6.42 Å². The van der Waals surface area contributed by atoms with Gasteiger partial charge < -0.3 is 15.4 Å². The molecule has 76 valence electrons. The highest BCUT2D eigenvalue weighted by molar-refractivity contribution is 5.78. The Morgan fingerprint density at radius 3 is 2.85 bits per heavy atom. The van der Waals surface area contributed by atoms with Crippen molar-refractivity contribution in [2.24, 2.45) is 5.10 Å². The zero-order valence-electron chi connectivity index (χ0n) is 7.74. The average molecular weight is 190 g/mol. The molecule has 0 radical (unpaired) electrons. The molecule has 13 heavy (non-hydrogen) atoms. The van der Waals surface area contributed by atoms with Gasteiger partial charge in [0.15, 0.2) is 5.03 Å². The monoisotopic (exact) mass is 190 g/mol. The van der Waals surface area contributed by atoms with Gasteiger partial charge in [-0.1, -0.05) is 0 Å². The van der Waals surface area contributed by atoms with Crippen LogP contribution < -0.4 is 10.6 Å². The number of methoxy groups -OCH3 is 1. The molecule has 0 amide bonds. The third kappa shape index (κ3) is 7.01. The average Bonchev–Trinajstić information content (AvgIpc) is 2.09. The molecule has 0 aromatic carbocycles. The number of nitrogens with zero attached hydrogens (tertiary/aromatic N) is 2. The van der Waals surface area contributed by atoms with Crippen LogP contribution in [0.5, 0.6) is 0 Å². The van der Waals surface area contributed by atoms with E-state index in [0.29, 0.717) is 13.2 Å². The Balaban J connectivity index is 3.66. The Labute approximate surface area is 76.3 Å². The Bertz CT molecular complexity index is 183. The van der Waals surface area contributed by atoms with Gasteiger partial charge in [0.1, 0.15) is 5.10 Å². The second-order valence-electron chi connectivity index (χ2n) is 2.21. The van der Waals surface area contributed by atoms with Crippen LogP contribution in [0.2, 0.25) is 0 Å². The number of guanidine groups is 1. The zero-order chi connectivity index (χ0) is 10.1. The first-order valence-corrected chi connectivity index (χ1v) is 3.84. The van der Waals surface area contributed by atoms with E-state index in [-0.39, 0.29) is 5.96 Å². The van der Waals surface area contributed by atoms with E-state index in [2.05, 4.69) is 15.7 Å². The van der Waals surface area contributed by atoms with Crippen molar-refractivity contribution in [1.82, 2.24) is 10.6 Å². The molecule has 0 saturated heterocycles. The lowest BCUT2D eigenvalue weighted by Crippen LogP contribution is -2.36. The minimum Gasteiger partial charge on any atom is -0.385 e. The minimum atomic E-state index is -0.755. The number of nitro groups is 1. The Morgan fingerprint density at radius 2 is 2.38 bits per heavy atom. The van der Waals surface area contributed by atoms with Crippen molar-refractivity contribution in [3.8, 4) is 0 Å². The van der Waals surface area contributed by atoms with Gasteiger partial charge in [-0.2, -0.15) is 0 Å². The summed E-state index contributed by atoms with van der Waals surface area (Å²) >= 11 is 0. The lowest BCUT2D eigenvalue weighted by Gasteiger charge is -2.04. The Hall–Kier alpha value is -1.37. The van der Waals surface area contributed by atoms with E-state index >= 15 is 0 Å². The van der Waals surface area contributed by atoms with Gasteiger partial charge in [0.05, 0.1) is 0 Å². The fourth-order valence-corrected chi connectivity index (χ4v) is 0.679. The molecule has 0 unspecified atom stereocenters. The fraction of sp³-hybridized carbons (Fsp3) is 0.833. The second kappa shape index (κ2) is 7.29. The van der Waals surface area contributed by atoms with E-state index < -0.39 is 5.03 Å². The molecule has 0 heterocycles. The smallest absolute Gasteiger partial charge is 0.268 e. The lowest BCUT2D eigenvalue weighted by molar-refractivity contribution is -0.485. The summed E-state index contributed by atoms with van der Waals surface area (Å²) in [6.45, 7) is 1.20. The van der Waals surface area contributed by atoms with Crippen LogP contribution in [0.25, 0.3) is 0 Å². The molecule has 0 spiro atoms. The second-order valence-corrected chi connectivity index (χ2v) is 2.21. The van der Waals surface area contributed by atoms with Crippen molar-refractivity contribution in [1.29, 1.82) is 0 Å². The molecule has 2 N–H and O–H groups in total. The van der Waals surface area contributed by atoms with Crippen LogP contribution in [-0.2, 0) is 4.74 Å².